The van der Waals surface area contributed by atoms with Gasteiger partial charge in [0, 0.05) is 19.1 Å². The number of nitrogens with zero attached hydrogens (tertiary/aromatic N) is 1. The van der Waals surface area contributed by atoms with Crippen LogP contribution in [0.25, 0.3) is 0 Å². The molecule has 2 rings (SSSR count). The maximum atomic E-state index is 14.4. The van der Waals surface area contributed by atoms with E-state index in [-0.39, 0.29) is 11.9 Å². The van der Waals surface area contributed by atoms with Crippen molar-refractivity contribution in [1.82, 2.24) is 5.32 Å². The summed E-state index contributed by atoms with van der Waals surface area (Å²) in [6, 6.07) is 15.7. The third-order valence-corrected chi connectivity index (χ3v) is 3.54. The predicted molar refractivity (Wildman–Crippen MR) is 86.9 cm³/mol. The molecule has 2 aromatic carbocycles. The van der Waals surface area contributed by atoms with E-state index in [0.29, 0.717) is 18.8 Å². The van der Waals surface area contributed by atoms with Crippen LogP contribution in [-0.4, -0.2) is 13.1 Å². The Morgan fingerprint density at radius 2 is 1.76 bits per heavy atom. The van der Waals surface area contributed by atoms with Crippen molar-refractivity contribution in [1.29, 1.82) is 0 Å². The molecule has 21 heavy (non-hydrogen) atoms. The molecule has 0 fully saturated rings. The maximum Gasteiger partial charge on any atom is 0.146 e. The quantitative estimate of drug-likeness (QED) is 0.864. The largest absolute Gasteiger partial charge is 0.362 e. The molecule has 0 aromatic heterocycles. The van der Waals surface area contributed by atoms with E-state index >= 15 is 0 Å². The molecule has 0 saturated carbocycles. The third-order valence-electron chi connectivity index (χ3n) is 3.54. The molecular weight excluding hydrogens is 263 g/mol. The van der Waals surface area contributed by atoms with Crippen molar-refractivity contribution in [3.8, 4) is 0 Å². The van der Waals surface area contributed by atoms with E-state index in [9.17, 15) is 4.39 Å². The van der Waals surface area contributed by atoms with Gasteiger partial charge in [-0.15, -0.1) is 0 Å². The Hall–Kier alpha value is -1.87. The zero-order valence-corrected chi connectivity index (χ0v) is 12.9. The zero-order chi connectivity index (χ0) is 15.2. The number of rotatable bonds is 6. The smallest absolute Gasteiger partial charge is 0.146 e. The number of para-hydroxylation sites is 1. The van der Waals surface area contributed by atoms with Gasteiger partial charge in [-0.2, -0.15) is 0 Å². The van der Waals surface area contributed by atoms with Gasteiger partial charge in [0.25, 0.3) is 0 Å². The lowest BCUT2D eigenvalue weighted by Crippen LogP contribution is -2.32. The molecule has 3 heteroatoms. The van der Waals surface area contributed by atoms with Crippen molar-refractivity contribution in [2.75, 3.05) is 11.9 Å². The standard InChI is InChI=1S/C18H23FN2/c1-14(2)21(13-15-8-5-4-6-9-15)18-16(12-20-3)10-7-11-17(18)19/h4-11,14,20H,12-13H2,1-3H3. The molecule has 0 heterocycles. The molecular formula is C18H23FN2. The monoisotopic (exact) mass is 286 g/mol. The van der Waals surface area contributed by atoms with Crippen LogP contribution in [0.2, 0.25) is 0 Å². The Bertz CT molecular complexity index is 567. The number of halogens is 1. The highest BCUT2D eigenvalue weighted by atomic mass is 19.1. The molecule has 0 atom stereocenters. The molecule has 0 amide bonds. The summed E-state index contributed by atoms with van der Waals surface area (Å²) in [5.41, 5.74) is 2.87. The van der Waals surface area contributed by atoms with Crippen molar-refractivity contribution in [2.45, 2.75) is 33.0 Å². The predicted octanol–water partition coefficient (Wildman–Crippen LogP) is 3.96. The molecule has 0 saturated heterocycles. The first kappa shape index (κ1) is 15.5. The molecule has 0 unspecified atom stereocenters. The van der Waals surface area contributed by atoms with Crippen LogP contribution < -0.4 is 10.2 Å². The molecule has 2 nitrogen and oxygen atoms in total. The Labute approximate surface area is 126 Å². The average molecular weight is 286 g/mol. The molecule has 0 spiro atoms. The molecule has 0 aliphatic heterocycles. The summed E-state index contributed by atoms with van der Waals surface area (Å²) in [5, 5.41) is 3.12. The van der Waals surface area contributed by atoms with Crippen LogP contribution in [-0.2, 0) is 13.1 Å². The normalized spacial score (nSPS) is 10.9. The Balaban J connectivity index is 2.38. The van der Waals surface area contributed by atoms with E-state index in [0.717, 1.165) is 5.56 Å². The van der Waals surface area contributed by atoms with Gasteiger partial charge in [-0.25, -0.2) is 4.39 Å². The lowest BCUT2D eigenvalue weighted by atomic mass is 10.1. The number of anilines is 1. The second-order valence-corrected chi connectivity index (χ2v) is 5.49. The average Bonchev–Trinajstić information content (AvgIpc) is 2.47. The fourth-order valence-electron chi connectivity index (χ4n) is 2.51. The van der Waals surface area contributed by atoms with Crippen LogP contribution >= 0.6 is 0 Å². The summed E-state index contributed by atoms with van der Waals surface area (Å²) in [7, 11) is 1.88. The highest BCUT2D eigenvalue weighted by Gasteiger charge is 2.18. The van der Waals surface area contributed by atoms with Crippen molar-refractivity contribution in [3.05, 3.63) is 65.5 Å². The maximum absolute atomic E-state index is 14.4. The fraction of sp³-hybridized carbons (Fsp3) is 0.333. The Morgan fingerprint density at radius 1 is 1.05 bits per heavy atom. The van der Waals surface area contributed by atoms with E-state index in [1.807, 2.05) is 31.3 Å². The molecule has 0 radical (unpaired) electrons. The fourth-order valence-corrected chi connectivity index (χ4v) is 2.51. The number of benzene rings is 2. The van der Waals surface area contributed by atoms with Gasteiger partial charge in [-0.05, 0) is 38.1 Å². The van der Waals surface area contributed by atoms with Crippen LogP contribution in [0.15, 0.2) is 48.5 Å². The van der Waals surface area contributed by atoms with Crippen LogP contribution in [0.5, 0.6) is 0 Å². The van der Waals surface area contributed by atoms with E-state index in [1.165, 1.54) is 11.6 Å². The van der Waals surface area contributed by atoms with Crippen molar-refractivity contribution < 1.29 is 4.39 Å². The summed E-state index contributed by atoms with van der Waals surface area (Å²) >= 11 is 0. The van der Waals surface area contributed by atoms with E-state index in [4.69, 9.17) is 0 Å². The minimum atomic E-state index is -0.160. The van der Waals surface area contributed by atoms with Gasteiger partial charge in [0.05, 0.1) is 5.69 Å². The van der Waals surface area contributed by atoms with Gasteiger partial charge in [0.15, 0.2) is 0 Å². The van der Waals surface area contributed by atoms with Crippen LogP contribution in [0.1, 0.15) is 25.0 Å². The zero-order valence-electron chi connectivity index (χ0n) is 12.9. The van der Waals surface area contributed by atoms with Crippen LogP contribution in [0.3, 0.4) is 0 Å². The molecule has 0 aliphatic rings. The molecule has 2 aromatic rings. The first-order valence-electron chi connectivity index (χ1n) is 7.36. The van der Waals surface area contributed by atoms with Gasteiger partial charge in [-0.1, -0.05) is 42.5 Å². The second kappa shape index (κ2) is 7.23. The van der Waals surface area contributed by atoms with E-state index in [2.05, 4.69) is 36.2 Å². The Morgan fingerprint density at radius 3 is 2.38 bits per heavy atom. The number of hydrogen-bond acceptors (Lipinski definition) is 2. The lowest BCUT2D eigenvalue weighted by Gasteiger charge is -2.31. The number of hydrogen-bond donors (Lipinski definition) is 1. The van der Waals surface area contributed by atoms with Crippen LogP contribution in [0, 0.1) is 5.82 Å². The minimum absolute atomic E-state index is 0.160. The van der Waals surface area contributed by atoms with Gasteiger partial charge >= 0.3 is 0 Å². The molecule has 0 aliphatic carbocycles. The van der Waals surface area contributed by atoms with Gasteiger partial charge in [-0.3, -0.25) is 0 Å². The lowest BCUT2D eigenvalue weighted by molar-refractivity contribution is 0.593. The molecule has 0 bridgehead atoms. The number of nitrogens with one attached hydrogen (secondary N) is 1. The van der Waals surface area contributed by atoms with Crippen LogP contribution in [0.4, 0.5) is 10.1 Å². The van der Waals surface area contributed by atoms with E-state index < -0.39 is 0 Å². The third kappa shape index (κ3) is 3.82. The summed E-state index contributed by atoms with van der Waals surface area (Å²) in [6.07, 6.45) is 0. The van der Waals surface area contributed by atoms with Gasteiger partial charge < -0.3 is 10.2 Å². The van der Waals surface area contributed by atoms with Gasteiger partial charge in [0.2, 0.25) is 0 Å². The van der Waals surface area contributed by atoms with E-state index in [1.54, 1.807) is 6.07 Å². The summed E-state index contributed by atoms with van der Waals surface area (Å²) in [5.74, 6) is -0.160. The summed E-state index contributed by atoms with van der Waals surface area (Å²) in [4.78, 5) is 2.12. The second-order valence-electron chi connectivity index (χ2n) is 5.49. The highest BCUT2D eigenvalue weighted by Crippen LogP contribution is 2.28. The van der Waals surface area contributed by atoms with Crippen molar-refractivity contribution in [3.63, 3.8) is 0 Å². The van der Waals surface area contributed by atoms with Crippen molar-refractivity contribution in [2.24, 2.45) is 0 Å². The highest BCUT2D eigenvalue weighted by molar-refractivity contribution is 5.56. The SMILES string of the molecule is CNCc1cccc(F)c1N(Cc1ccccc1)C(C)C. The van der Waals surface area contributed by atoms with Gasteiger partial charge in [0.1, 0.15) is 5.82 Å². The Kier molecular flexibility index (Phi) is 5.34. The minimum Gasteiger partial charge on any atom is -0.362 e. The first-order valence-corrected chi connectivity index (χ1v) is 7.36. The first-order chi connectivity index (χ1) is 10.1. The summed E-state index contributed by atoms with van der Waals surface area (Å²) < 4.78 is 14.4. The molecule has 1 N–H and O–H groups in total. The summed E-state index contributed by atoms with van der Waals surface area (Å²) in [6.45, 7) is 5.55. The topological polar surface area (TPSA) is 15.3 Å². The molecule has 112 valence electrons. The van der Waals surface area contributed by atoms with Crippen molar-refractivity contribution >= 4 is 5.69 Å².